The Labute approximate surface area is 162 Å². The molecule has 7 nitrogen and oxygen atoms in total. The van der Waals surface area contributed by atoms with Crippen molar-refractivity contribution in [2.45, 2.75) is 31.5 Å². The van der Waals surface area contributed by atoms with Crippen molar-refractivity contribution in [1.29, 1.82) is 0 Å². The van der Waals surface area contributed by atoms with Gasteiger partial charge in [-0.2, -0.15) is 0 Å². The summed E-state index contributed by atoms with van der Waals surface area (Å²) in [6, 6.07) is 6.51. The number of aliphatic imine (C=N–C) groups is 1. The molecule has 2 atom stereocenters. The van der Waals surface area contributed by atoms with Crippen molar-refractivity contribution >= 4 is 5.96 Å². The second kappa shape index (κ2) is 9.28. The summed E-state index contributed by atoms with van der Waals surface area (Å²) in [6.07, 6.45) is 2.77. The van der Waals surface area contributed by atoms with E-state index in [1.807, 2.05) is 32.3 Å². The Balaban J connectivity index is 1.54. The zero-order valence-corrected chi connectivity index (χ0v) is 16.9. The molecule has 2 aliphatic rings. The number of fused-ring (bicyclic) bond motifs is 1. The van der Waals surface area contributed by atoms with E-state index in [9.17, 15) is 0 Å². The van der Waals surface area contributed by atoms with Gasteiger partial charge >= 0.3 is 0 Å². The lowest BCUT2D eigenvalue weighted by Gasteiger charge is -2.35. The van der Waals surface area contributed by atoms with E-state index in [-0.39, 0.29) is 6.10 Å². The third kappa shape index (κ3) is 4.84. The van der Waals surface area contributed by atoms with E-state index in [4.69, 9.17) is 14.2 Å². The van der Waals surface area contributed by atoms with E-state index in [1.165, 1.54) is 19.4 Å². The highest BCUT2D eigenvalue weighted by molar-refractivity contribution is 5.79. The van der Waals surface area contributed by atoms with E-state index >= 15 is 0 Å². The van der Waals surface area contributed by atoms with Crippen molar-refractivity contribution < 1.29 is 14.2 Å². The number of morpholine rings is 1. The summed E-state index contributed by atoms with van der Waals surface area (Å²) in [5, 5.41) is 3.46. The lowest BCUT2D eigenvalue weighted by atomic mass is 10.2. The number of ether oxygens (including phenoxy) is 3. The van der Waals surface area contributed by atoms with E-state index < -0.39 is 0 Å². The molecule has 150 valence electrons. The van der Waals surface area contributed by atoms with Crippen molar-refractivity contribution in [1.82, 2.24) is 15.1 Å². The van der Waals surface area contributed by atoms with Crippen LogP contribution in [0, 0.1) is 0 Å². The maximum absolute atomic E-state index is 6.04. The van der Waals surface area contributed by atoms with Crippen molar-refractivity contribution in [3.63, 3.8) is 0 Å². The smallest absolute Gasteiger partial charge is 0.193 e. The monoisotopic (exact) mass is 376 g/mol. The largest absolute Gasteiger partial charge is 0.497 e. The summed E-state index contributed by atoms with van der Waals surface area (Å²) in [4.78, 5) is 9.07. The first kappa shape index (κ1) is 19.8. The van der Waals surface area contributed by atoms with Gasteiger partial charge < -0.3 is 24.4 Å². The van der Waals surface area contributed by atoms with Crippen molar-refractivity contribution in [3.05, 3.63) is 23.8 Å². The first-order chi connectivity index (χ1) is 13.1. The molecule has 2 fully saturated rings. The maximum atomic E-state index is 6.04. The van der Waals surface area contributed by atoms with Gasteiger partial charge in [-0.15, -0.1) is 0 Å². The van der Waals surface area contributed by atoms with E-state index in [0.717, 1.165) is 42.7 Å². The van der Waals surface area contributed by atoms with Gasteiger partial charge in [-0.3, -0.25) is 9.89 Å². The standard InChI is InChI=1S/C20H32N4O3/c1-21-20(22-11-18-13-24-9-5-6-16(24)14-27-18)23(2)12-15-7-8-17(25-3)10-19(15)26-4/h7-8,10,16,18H,5-6,9,11-14H2,1-4H3,(H,21,22). The molecule has 2 unspecified atom stereocenters. The van der Waals surface area contributed by atoms with Crippen LogP contribution >= 0.6 is 0 Å². The van der Waals surface area contributed by atoms with Crippen LogP contribution in [-0.4, -0.2) is 82.5 Å². The zero-order valence-electron chi connectivity index (χ0n) is 16.9. The van der Waals surface area contributed by atoms with Crippen LogP contribution in [-0.2, 0) is 11.3 Å². The van der Waals surface area contributed by atoms with E-state index in [1.54, 1.807) is 14.2 Å². The minimum absolute atomic E-state index is 0.208. The van der Waals surface area contributed by atoms with Gasteiger partial charge in [-0.25, -0.2) is 0 Å². The van der Waals surface area contributed by atoms with Crippen LogP contribution in [0.2, 0.25) is 0 Å². The Hall–Kier alpha value is -1.99. The minimum Gasteiger partial charge on any atom is -0.497 e. The Bertz CT molecular complexity index is 652. The molecule has 1 aromatic carbocycles. The molecule has 2 aliphatic heterocycles. The van der Waals surface area contributed by atoms with E-state index in [2.05, 4.69) is 20.1 Å². The Morgan fingerprint density at radius 1 is 1.37 bits per heavy atom. The average molecular weight is 377 g/mol. The molecule has 3 rings (SSSR count). The topological polar surface area (TPSA) is 58.6 Å². The average Bonchev–Trinajstić information content (AvgIpc) is 3.16. The van der Waals surface area contributed by atoms with Crippen LogP contribution < -0.4 is 14.8 Å². The SMILES string of the molecule is CN=C(NCC1CN2CCCC2CO1)N(C)Cc1ccc(OC)cc1OC. The van der Waals surface area contributed by atoms with Gasteiger partial charge in [0.1, 0.15) is 11.5 Å². The number of nitrogens with one attached hydrogen (secondary N) is 1. The van der Waals surface area contributed by atoms with Crippen LogP contribution in [0.5, 0.6) is 11.5 Å². The van der Waals surface area contributed by atoms with Gasteiger partial charge in [0.2, 0.25) is 0 Å². The first-order valence-corrected chi connectivity index (χ1v) is 9.63. The highest BCUT2D eigenvalue weighted by atomic mass is 16.5. The number of hydrogen-bond donors (Lipinski definition) is 1. The van der Waals surface area contributed by atoms with Crippen molar-refractivity contribution in [3.8, 4) is 11.5 Å². The molecule has 0 saturated carbocycles. The Morgan fingerprint density at radius 2 is 2.22 bits per heavy atom. The van der Waals surface area contributed by atoms with Crippen LogP contribution in [0.3, 0.4) is 0 Å². The van der Waals surface area contributed by atoms with Gasteiger partial charge in [0.25, 0.3) is 0 Å². The molecule has 1 aromatic rings. The molecular weight excluding hydrogens is 344 g/mol. The number of rotatable bonds is 6. The van der Waals surface area contributed by atoms with Gasteiger partial charge in [0.15, 0.2) is 5.96 Å². The van der Waals surface area contributed by atoms with Crippen molar-refractivity contribution in [2.24, 2.45) is 4.99 Å². The molecule has 2 saturated heterocycles. The summed E-state index contributed by atoms with van der Waals surface area (Å²) < 4.78 is 16.8. The van der Waals surface area contributed by atoms with Crippen LogP contribution in [0.25, 0.3) is 0 Å². The predicted octanol–water partition coefficient (Wildman–Crippen LogP) is 1.57. The Morgan fingerprint density at radius 3 is 2.96 bits per heavy atom. The highest BCUT2D eigenvalue weighted by Crippen LogP contribution is 2.25. The molecule has 7 heteroatoms. The third-order valence-corrected chi connectivity index (χ3v) is 5.42. The molecular formula is C20H32N4O3. The fraction of sp³-hybridized carbons (Fsp3) is 0.650. The zero-order chi connectivity index (χ0) is 19.2. The summed E-state index contributed by atoms with van der Waals surface area (Å²) >= 11 is 0. The molecule has 27 heavy (non-hydrogen) atoms. The summed E-state index contributed by atoms with van der Waals surface area (Å²) in [5.74, 6) is 2.45. The second-order valence-corrected chi connectivity index (χ2v) is 7.21. The van der Waals surface area contributed by atoms with Gasteiger partial charge in [0.05, 0.1) is 26.9 Å². The lowest BCUT2D eigenvalue weighted by Crippen LogP contribution is -2.51. The molecule has 1 N–H and O–H groups in total. The summed E-state index contributed by atoms with van der Waals surface area (Å²) in [6.45, 7) is 4.51. The number of guanidine groups is 1. The first-order valence-electron chi connectivity index (χ1n) is 9.63. The van der Waals surface area contributed by atoms with Gasteiger partial charge in [0, 0.05) is 51.4 Å². The number of methoxy groups -OCH3 is 2. The summed E-state index contributed by atoms with van der Waals surface area (Å²) in [5.41, 5.74) is 1.08. The molecule has 0 aromatic heterocycles. The van der Waals surface area contributed by atoms with Gasteiger partial charge in [-0.05, 0) is 31.5 Å². The predicted molar refractivity (Wildman–Crippen MR) is 107 cm³/mol. The molecule has 0 bridgehead atoms. The van der Waals surface area contributed by atoms with Crippen LogP contribution in [0.15, 0.2) is 23.2 Å². The molecule has 2 heterocycles. The van der Waals surface area contributed by atoms with Crippen LogP contribution in [0.4, 0.5) is 0 Å². The molecule has 0 aliphatic carbocycles. The maximum Gasteiger partial charge on any atom is 0.193 e. The molecule has 0 amide bonds. The Kier molecular flexibility index (Phi) is 6.79. The summed E-state index contributed by atoms with van der Waals surface area (Å²) in [7, 11) is 7.17. The van der Waals surface area contributed by atoms with Crippen LogP contribution in [0.1, 0.15) is 18.4 Å². The second-order valence-electron chi connectivity index (χ2n) is 7.21. The lowest BCUT2D eigenvalue weighted by molar-refractivity contribution is -0.0454. The quantitative estimate of drug-likeness (QED) is 0.601. The fourth-order valence-corrected chi connectivity index (χ4v) is 3.91. The van der Waals surface area contributed by atoms with E-state index in [0.29, 0.717) is 12.6 Å². The van der Waals surface area contributed by atoms with Crippen molar-refractivity contribution in [2.75, 3.05) is 54.6 Å². The molecule has 0 radical (unpaired) electrons. The highest BCUT2D eigenvalue weighted by Gasteiger charge is 2.32. The number of benzene rings is 1. The molecule has 0 spiro atoms. The minimum atomic E-state index is 0.208. The fourth-order valence-electron chi connectivity index (χ4n) is 3.91. The van der Waals surface area contributed by atoms with Gasteiger partial charge in [-0.1, -0.05) is 0 Å². The third-order valence-electron chi connectivity index (χ3n) is 5.42. The number of nitrogens with zero attached hydrogens (tertiary/aromatic N) is 3. The normalized spacial score (nSPS) is 23.0. The number of hydrogen-bond acceptors (Lipinski definition) is 5.